The van der Waals surface area contributed by atoms with Gasteiger partial charge in [-0.05, 0) is 45.0 Å². The Labute approximate surface area is 124 Å². The Hall–Kier alpha value is -2.01. The van der Waals surface area contributed by atoms with E-state index in [2.05, 4.69) is 36.1 Å². The summed E-state index contributed by atoms with van der Waals surface area (Å²) in [4.78, 5) is 8.20. The van der Waals surface area contributed by atoms with E-state index in [1.807, 2.05) is 0 Å². The van der Waals surface area contributed by atoms with E-state index >= 15 is 0 Å². The highest BCUT2D eigenvalue weighted by atomic mass is 19.1. The highest BCUT2D eigenvalue weighted by Crippen LogP contribution is 2.21. The lowest BCUT2D eigenvalue weighted by atomic mass is 10.1. The quantitative estimate of drug-likeness (QED) is 0.919. The van der Waals surface area contributed by atoms with Crippen LogP contribution >= 0.6 is 0 Å². The molecule has 1 aromatic heterocycles. The van der Waals surface area contributed by atoms with Gasteiger partial charge in [-0.25, -0.2) is 14.4 Å². The monoisotopic (exact) mass is 289 g/mol. The summed E-state index contributed by atoms with van der Waals surface area (Å²) in [7, 11) is 0. The smallest absolute Gasteiger partial charge is 0.166 e. The maximum Gasteiger partial charge on any atom is 0.166 e. The summed E-state index contributed by atoms with van der Waals surface area (Å²) in [5.41, 5.74) is 0.729. The van der Waals surface area contributed by atoms with Gasteiger partial charge in [0, 0.05) is 30.0 Å². The fraction of sp³-hybridized carbons (Fsp3) is 0.375. The Kier molecular flexibility index (Phi) is 4.85. The highest BCUT2D eigenvalue weighted by Gasteiger charge is 2.12. The van der Waals surface area contributed by atoms with Gasteiger partial charge in [-0.3, -0.25) is 0 Å². The fourth-order valence-electron chi connectivity index (χ4n) is 1.73. The molecule has 1 heterocycles. The van der Waals surface area contributed by atoms with Gasteiger partial charge < -0.3 is 10.1 Å². The van der Waals surface area contributed by atoms with Gasteiger partial charge in [0.1, 0.15) is 18.2 Å². The third-order valence-electron chi connectivity index (χ3n) is 2.81. The molecule has 4 nitrogen and oxygen atoms in total. The standard InChI is InChI=1S/C16H20FN3O/c1-16(2,3)20-10-12-9-13(17)5-6-14(12)21-11-15-18-7-4-8-19-15/h4-9,20H,10-11H2,1-3H3. The summed E-state index contributed by atoms with van der Waals surface area (Å²) in [6.45, 7) is 6.97. The Balaban J connectivity index is 2.07. The number of rotatable bonds is 5. The number of benzene rings is 1. The summed E-state index contributed by atoms with van der Waals surface area (Å²) in [6, 6.07) is 6.26. The van der Waals surface area contributed by atoms with E-state index in [1.165, 1.54) is 12.1 Å². The van der Waals surface area contributed by atoms with Crippen LogP contribution in [0.3, 0.4) is 0 Å². The van der Waals surface area contributed by atoms with Gasteiger partial charge in [0.05, 0.1) is 0 Å². The molecule has 1 N–H and O–H groups in total. The molecule has 21 heavy (non-hydrogen) atoms. The van der Waals surface area contributed by atoms with Crippen molar-refractivity contribution in [2.24, 2.45) is 0 Å². The van der Waals surface area contributed by atoms with Crippen LogP contribution in [0.5, 0.6) is 5.75 Å². The lowest BCUT2D eigenvalue weighted by Gasteiger charge is -2.21. The number of hydrogen-bond acceptors (Lipinski definition) is 4. The molecule has 0 amide bonds. The molecule has 5 heteroatoms. The van der Waals surface area contributed by atoms with Crippen molar-refractivity contribution >= 4 is 0 Å². The van der Waals surface area contributed by atoms with Crippen LogP contribution in [0.2, 0.25) is 0 Å². The van der Waals surface area contributed by atoms with E-state index in [-0.39, 0.29) is 18.0 Å². The first kappa shape index (κ1) is 15.4. The third kappa shape index (κ3) is 5.11. The van der Waals surface area contributed by atoms with Crippen LogP contribution in [0, 0.1) is 5.82 Å². The van der Waals surface area contributed by atoms with E-state index in [4.69, 9.17) is 4.74 Å². The minimum atomic E-state index is -0.274. The van der Waals surface area contributed by atoms with Crippen molar-refractivity contribution in [2.45, 2.75) is 39.5 Å². The Bertz CT molecular complexity index is 582. The topological polar surface area (TPSA) is 47.0 Å². The van der Waals surface area contributed by atoms with Crippen molar-refractivity contribution in [3.05, 3.63) is 53.9 Å². The maximum atomic E-state index is 13.4. The molecule has 0 saturated carbocycles. The first-order valence-electron chi connectivity index (χ1n) is 6.86. The zero-order valence-corrected chi connectivity index (χ0v) is 12.6. The van der Waals surface area contributed by atoms with Gasteiger partial charge in [0.25, 0.3) is 0 Å². The van der Waals surface area contributed by atoms with Gasteiger partial charge in [-0.2, -0.15) is 0 Å². The van der Waals surface area contributed by atoms with E-state index < -0.39 is 0 Å². The Morgan fingerprint density at radius 3 is 2.57 bits per heavy atom. The van der Waals surface area contributed by atoms with Crippen LogP contribution in [-0.4, -0.2) is 15.5 Å². The van der Waals surface area contributed by atoms with Gasteiger partial charge >= 0.3 is 0 Å². The van der Waals surface area contributed by atoms with E-state index in [0.29, 0.717) is 18.1 Å². The first-order valence-corrected chi connectivity index (χ1v) is 6.86. The van der Waals surface area contributed by atoms with Crippen LogP contribution in [0.1, 0.15) is 32.2 Å². The molecule has 0 spiro atoms. The molecule has 0 saturated heterocycles. The summed E-state index contributed by atoms with van der Waals surface area (Å²) in [5.74, 6) is 0.959. The summed E-state index contributed by atoms with van der Waals surface area (Å²) >= 11 is 0. The number of halogens is 1. The van der Waals surface area contributed by atoms with Crippen LogP contribution in [-0.2, 0) is 13.2 Å². The lowest BCUT2D eigenvalue weighted by Crippen LogP contribution is -2.35. The van der Waals surface area contributed by atoms with Gasteiger partial charge in [-0.1, -0.05) is 0 Å². The molecular formula is C16H20FN3O. The minimum absolute atomic E-state index is 0.0495. The van der Waals surface area contributed by atoms with Crippen LogP contribution in [0.4, 0.5) is 4.39 Å². The Morgan fingerprint density at radius 1 is 1.19 bits per heavy atom. The SMILES string of the molecule is CC(C)(C)NCc1cc(F)ccc1OCc1ncccn1. The fourth-order valence-corrected chi connectivity index (χ4v) is 1.73. The average molecular weight is 289 g/mol. The largest absolute Gasteiger partial charge is 0.485 e. The second-order valence-corrected chi connectivity index (χ2v) is 5.81. The van der Waals surface area contributed by atoms with Gasteiger partial charge in [-0.15, -0.1) is 0 Å². The number of nitrogens with zero attached hydrogens (tertiary/aromatic N) is 2. The number of ether oxygens (including phenoxy) is 1. The molecule has 0 unspecified atom stereocenters. The molecule has 2 aromatic rings. The van der Waals surface area contributed by atoms with Crippen LogP contribution in [0.15, 0.2) is 36.7 Å². The van der Waals surface area contributed by atoms with E-state index in [1.54, 1.807) is 24.5 Å². The van der Waals surface area contributed by atoms with Crippen LogP contribution < -0.4 is 10.1 Å². The molecule has 112 valence electrons. The van der Waals surface area contributed by atoms with Crippen molar-refractivity contribution in [3.8, 4) is 5.75 Å². The summed E-state index contributed by atoms with van der Waals surface area (Å²) < 4.78 is 19.1. The molecule has 0 radical (unpaired) electrons. The second kappa shape index (κ2) is 6.63. The van der Waals surface area contributed by atoms with Crippen molar-refractivity contribution in [2.75, 3.05) is 0 Å². The highest BCUT2D eigenvalue weighted by molar-refractivity contribution is 5.34. The number of hydrogen-bond donors (Lipinski definition) is 1. The zero-order chi connectivity index (χ0) is 15.3. The zero-order valence-electron chi connectivity index (χ0n) is 12.6. The van der Waals surface area contributed by atoms with E-state index in [0.717, 1.165) is 5.56 Å². The first-order chi connectivity index (χ1) is 9.94. The molecule has 2 rings (SSSR count). The number of aromatic nitrogens is 2. The van der Waals surface area contributed by atoms with Crippen molar-refractivity contribution in [1.82, 2.24) is 15.3 Å². The molecule has 0 atom stereocenters. The molecular weight excluding hydrogens is 269 g/mol. The predicted octanol–water partition coefficient (Wildman–Crippen LogP) is 3.08. The minimum Gasteiger partial charge on any atom is -0.485 e. The predicted molar refractivity (Wildman–Crippen MR) is 79.4 cm³/mol. The van der Waals surface area contributed by atoms with Crippen molar-refractivity contribution < 1.29 is 9.13 Å². The van der Waals surface area contributed by atoms with E-state index in [9.17, 15) is 4.39 Å². The maximum absolute atomic E-state index is 13.4. The van der Waals surface area contributed by atoms with Gasteiger partial charge in [0.2, 0.25) is 0 Å². The second-order valence-electron chi connectivity index (χ2n) is 5.81. The lowest BCUT2D eigenvalue weighted by molar-refractivity contribution is 0.289. The summed E-state index contributed by atoms with van der Waals surface area (Å²) in [5, 5.41) is 3.33. The molecule has 0 fully saturated rings. The Morgan fingerprint density at radius 2 is 1.90 bits per heavy atom. The normalized spacial score (nSPS) is 11.4. The molecule has 0 aliphatic heterocycles. The molecule has 0 bridgehead atoms. The van der Waals surface area contributed by atoms with Gasteiger partial charge in [0.15, 0.2) is 5.82 Å². The molecule has 0 aliphatic carbocycles. The van der Waals surface area contributed by atoms with Crippen molar-refractivity contribution in [1.29, 1.82) is 0 Å². The third-order valence-corrected chi connectivity index (χ3v) is 2.81. The van der Waals surface area contributed by atoms with Crippen molar-refractivity contribution in [3.63, 3.8) is 0 Å². The molecule has 1 aromatic carbocycles. The summed E-state index contributed by atoms with van der Waals surface area (Å²) in [6.07, 6.45) is 3.33. The average Bonchev–Trinajstić information content (AvgIpc) is 2.44. The van der Waals surface area contributed by atoms with Crippen LogP contribution in [0.25, 0.3) is 0 Å². The molecule has 0 aliphatic rings. The number of nitrogens with one attached hydrogen (secondary N) is 1.